The molecule has 1 amide bonds. The van der Waals surface area contributed by atoms with Crippen LogP contribution in [0.5, 0.6) is 0 Å². The van der Waals surface area contributed by atoms with Crippen molar-refractivity contribution in [3.8, 4) is 0 Å². The zero-order valence-corrected chi connectivity index (χ0v) is 10.8. The lowest BCUT2D eigenvalue weighted by Crippen LogP contribution is -2.25. The standard InChI is InChI=1S/C14H17N3O2/c1-2-15-13-6-5-11(10-17-13)14(18)16-8-7-12-4-3-9-19-12/h3-6,9-10H,2,7-8H2,1H3,(H,15,17)(H,16,18). The Balaban J connectivity index is 1.82. The summed E-state index contributed by atoms with van der Waals surface area (Å²) in [6.07, 6.45) is 3.88. The van der Waals surface area contributed by atoms with Crippen molar-refractivity contribution in [3.63, 3.8) is 0 Å². The number of carbonyl (C=O) groups excluding carboxylic acids is 1. The smallest absolute Gasteiger partial charge is 0.252 e. The number of carbonyl (C=O) groups is 1. The average Bonchev–Trinajstić information content (AvgIpc) is 2.93. The van der Waals surface area contributed by atoms with E-state index >= 15 is 0 Å². The summed E-state index contributed by atoms with van der Waals surface area (Å²) < 4.78 is 5.19. The SMILES string of the molecule is CCNc1ccc(C(=O)NCCc2ccco2)cn1. The van der Waals surface area contributed by atoms with Crippen molar-refractivity contribution in [2.24, 2.45) is 0 Å². The minimum absolute atomic E-state index is 0.123. The monoisotopic (exact) mass is 259 g/mol. The van der Waals surface area contributed by atoms with Gasteiger partial charge >= 0.3 is 0 Å². The fourth-order valence-electron chi connectivity index (χ4n) is 1.67. The molecule has 2 aromatic heterocycles. The van der Waals surface area contributed by atoms with Crippen LogP contribution in [0.25, 0.3) is 0 Å². The van der Waals surface area contributed by atoms with Crippen LogP contribution in [-0.4, -0.2) is 24.0 Å². The van der Waals surface area contributed by atoms with Gasteiger partial charge in [0.2, 0.25) is 0 Å². The summed E-state index contributed by atoms with van der Waals surface area (Å²) >= 11 is 0. The van der Waals surface area contributed by atoms with Crippen LogP contribution in [0.2, 0.25) is 0 Å². The van der Waals surface area contributed by atoms with Crippen molar-refractivity contribution in [2.75, 3.05) is 18.4 Å². The van der Waals surface area contributed by atoms with Crippen molar-refractivity contribution < 1.29 is 9.21 Å². The van der Waals surface area contributed by atoms with Gasteiger partial charge in [-0.2, -0.15) is 0 Å². The topological polar surface area (TPSA) is 67.2 Å². The summed E-state index contributed by atoms with van der Waals surface area (Å²) in [5.41, 5.74) is 0.557. The van der Waals surface area contributed by atoms with Crippen LogP contribution in [0.4, 0.5) is 5.82 Å². The number of hydrogen-bond donors (Lipinski definition) is 2. The molecule has 2 N–H and O–H groups in total. The molecule has 0 aromatic carbocycles. The fourth-order valence-corrected chi connectivity index (χ4v) is 1.67. The molecule has 2 aromatic rings. The molecule has 0 atom stereocenters. The lowest BCUT2D eigenvalue weighted by molar-refractivity contribution is 0.0953. The number of rotatable bonds is 6. The summed E-state index contributed by atoms with van der Waals surface area (Å²) in [6.45, 7) is 3.35. The Morgan fingerprint density at radius 3 is 2.89 bits per heavy atom. The first kappa shape index (κ1) is 13.1. The molecule has 0 aliphatic heterocycles. The summed E-state index contributed by atoms with van der Waals surface area (Å²) in [7, 11) is 0. The zero-order valence-electron chi connectivity index (χ0n) is 10.8. The molecule has 0 bridgehead atoms. The van der Waals surface area contributed by atoms with Gasteiger partial charge in [-0.3, -0.25) is 4.79 Å². The molecule has 0 radical (unpaired) electrons. The van der Waals surface area contributed by atoms with Crippen LogP contribution in [0.1, 0.15) is 23.0 Å². The lowest BCUT2D eigenvalue weighted by atomic mass is 10.2. The highest BCUT2D eigenvalue weighted by Crippen LogP contribution is 2.05. The molecule has 100 valence electrons. The van der Waals surface area contributed by atoms with E-state index in [-0.39, 0.29) is 5.91 Å². The number of hydrogen-bond acceptors (Lipinski definition) is 4. The molecule has 0 aliphatic carbocycles. The molecule has 0 fully saturated rings. The van der Waals surface area contributed by atoms with Crippen molar-refractivity contribution >= 4 is 11.7 Å². The molecule has 0 saturated carbocycles. The third kappa shape index (κ3) is 3.84. The Morgan fingerprint density at radius 1 is 1.37 bits per heavy atom. The van der Waals surface area contributed by atoms with E-state index in [4.69, 9.17) is 4.42 Å². The second-order valence-electron chi connectivity index (χ2n) is 4.05. The van der Waals surface area contributed by atoms with E-state index in [1.807, 2.05) is 19.1 Å². The normalized spacial score (nSPS) is 10.2. The highest BCUT2D eigenvalue weighted by molar-refractivity contribution is 5.94. The third-order valence-electron chi connectivity index (χ3n) is 2.62. The van der Waals surface area contributed by atoms with Gasteiger partial charge in [-0.25, -0.2) is 4.98 Å². The molecule has 0 aliphatic rings. The molecule has 2 rings (SSSR count). The zero-order chi connectivity index (χ0) is 13.5. The highest BCUT2D eigenvalue weighted by atomic mass is 16.3. The summed E-state index contributed by atoms with van der Waals surface area (Å²) in [5, 5.41) is 5.91. The molecule has 0 saturated heterocycles. The van der Waals surface area contributed by atoms with Crippen molar-refractivity contribution in [1.82, 2.24) is 10.3 Å². The molecule has 0 unspecified atom stereocenters. The quantitative estimate of drug-likeness (QED) is 0.833. The summed E-state index contributed by atoms with van der Waals surface area (Å²) in [4.78, 5) is 16.0. The van der Waals surface area contributed by atoms with Gasteiger partial charge in [0, 0.05) is 25.7 Å². The molecule has 19 heavy (non-hydrogen) atoms. The van der Waals surface area contributed by atoms with E-state index in [1.54, 1.807) is 24.6 Å². The van der Waals surface area contributed by atoms with Gasteiger partial charge in [0.15, 0.2) is 0 Å². The minimum atomic E-state index is -0.123. The average molecular weight is 259 g/mol. The molecule has 2 heterocycles. The van der Waals surface area contributed by atoms with Crippen molar-refractivity contribution in [3.05, 3.63) is 48.0 Å². The van der Waals surface area contributed by atoms with Gasteiger partial charge in [0.1, 0.15) is 11.6 Å². The number of pyridine rings is 1. The van der Waals surface area contributed by atoms with Gasteiger partial charge < -0.3 is 15.1 Å². The second kappa shape index (κ2) is 6.58. The first-order valence-corrected chi connectivity index (χ1v) is 6.30. The van der Waals surface area contributed by atoms with E-state index in [0.29, 0.717) is 18.5 Å². The maximum atomic E-state index is 11.8. The molecular weight excluding hydrogens is 242 g/mol. The Kier molecular flexibility index (Phi) is 4.55. The van der Waals surface area contributed by atoms with E-state index in [0.717, 1.165) is 18.1 Å². The van der Waals surface area contributed by atoms with Crippen LogP contribution >= 0.6 is 0 Å². The van der Waals surface area contributed by atoms with Gasteiger partial charge in [0.05, 0.1) is 11.8 Å². The van der Waals surface area contributed by atoms with E-state index < -0.39 is 0 Å². The Labute approximate surface area is 112 Å². The van der Waals surface area contributed by atoms with E-state index in [9.17, 15) is 4.79 Å². The largest absolute Gasteiger partial charge is 0.469 e. The lowest BCUT2D eigenvalue weighted by Gasteiger charge is -2.05. The first-order chi connectivity index (χ1) is 9.29. The third-order valence-corrected chi connectivity index (χ3v) is 2.62. The Bertz CT molecular complexity index is 506. The van der Waals surface area contributed by atoms with Crippen molar-refractivity contribution in [1.29, 1.82) is 0 Å². The molecule has 0 spiro atoms. The number of amides is 1. The predicted molar refractivity (Wildman–Crippen MR) is 73.1 cm³/mol. The van der Waals surface area contributed by atoms with Crippen LogP contribution < -0.4 is 10.6 Å². The number of furan rings is 1. The summed E-state index contributed by atoms with van der Waals surface area (Å²) in [5.74, 6) is 1.51. The predicted octanol–water partition coefficient (Wildman–Crippen LogP) is 2.08. The first-order valence-electron chi connectivity index (χ1n) is 6.30. The number of nitrogens with one attached hydrogen (secondary N) is 2. The maximum absolute atomic E-state index is 11.8. The van der Waals surface area contributed by atoms with Crippen molar-refractivity contribution in [2.45, 2.75) is 13.3 Å². The van der Waals surface area contributed by atoms with Gasteiger partial charge in [0.25, 0.3) is 5.91 Å². The number of anilines is 1. The molecule has 5 nitrogen and oxygen atoms in total. The second-order valence-corrected chi connectivity index (χ2v) is 4.05. The highest BCUT2D eigenvalue weighted by Gasteiger charge is 2.05. The molecule has 5 heteroatoms. The number of nitrogens with zero attached hydrogens (tertiary/aromatic N) is 1. The van der Waals surface area contributed by atoms with Gasteiger partial charge in [-0.05, 0) is 31.2 Å². The Morgan fingerprint density at radius 2 is 2.26 bits per heavy atom. The Hall–Kier alpha value is -2.30. The van der Waals surface area contributed by atoms with Crippen LogP contribution in [0, 0.1) is 0 Å². The fraction of sp³-hybridized carbons (Fsp3) is 0.286. The van der Waals surface area contributed by atoms with Crippen LogP contribution in [0.3, 0.4) is 0 Å². The van der Waals surface area contributed by atoms with E-state index in [2.05, 4.69) is 15.6 Å². The van der Waals surface area contributed by atoms with Gasteiger partial charge in [-0.15, -0.1) is 0 Å². The molecular formula is C14H17N3O2. The number of aromatic nitrogens is 1. The minimum Gasteiger partial charge on any atom is -0.469 e. The summed E-state index contributed by atoms with van der Waals surface area (Å²) in [6, 6.07) is 7.28. The van der Waals surface area contributed by atoms with Gasteiger partial charge in [-0.1, -0.05) is 0 Å². The maximum Gasteiger partial charge on any atom is 0.252 e. The van der Waals surface area contributed by atoms with E-state index in [1.165, 1.54) is 0 Å². The van der Waals surface area contributed by atoms with Crippen LogP contribution in [-0.2, 0) is 6.42 Å². The van der Waals surface area contributed by atoms with Crippen LogP contribution in [0.15, 0.2) is 41.1 Å².